The molecule has 0 atom stereocenters. The van der Waals surface area contributed by atoms with Crippen molar-refractivity contribution in [3.63, 3.8) is 0 Å². The SMILES string of the molecule is Nc1[nH+]ccs1.Nc1[nH+]ccs1.Nc1[nH+]ccs1.O.O=S(=O)([O-])O.O=S(=O)([O-])[O-]. The Morgan fingerprint density at radius 1 is 0.724 bits per heavy atom. The van der Waals surface area contributed by atoms with E-state index in [4.69, 9.17) is 52.2 Å². The number of nitrogen functional groups attached to an aromatic ring is 3. The molecule has 0 saturated carbocycles. The molecule has 0 aliphatic heterocycles. The number of aromatic amines is 3. The third-order valence-corrected chi connectivity index (χ3v) is 3.40. The van der Waals surface area contributed by atoms with Crippen molar-refractivity contribution in [3.8, 4) is 0 Å². The van der Waals surface area contributed by atoms with Crippen molar-refractivity contribution in [1.82, 2.24) is 0 Å². The van der Waals surface area contributed by atoms with Gasteiger partial charge in [-0.25, -0.2) is 23.4 Å². The van der Waals surface area contributed by atoms with Crippen LogP contribution in [0.2, 0.25) is 0 Å². The number of nitrogens with two attached hydrogens (primary N) is 3. The monoisotopic (exact) mass is 514 g/mol. The molecule has 3 rings (SSSR count). The Bertz CT molecular complexity index is 791. The lowest BCUT2D eigenvalue weighted by Gasteiger charge is -2.06. The maximum Gasteiger partial charge on any atom is 0.329 e. The van der Waals surface area contributed by atoms with Gasteiger partial charge in [-0.1, -0.05) is 34.0 Å². The van der Waals surface area contributed by atoms with Gasteiger partial charge in [-0.2, -0.15) is 0 Å². The molecule has 15 nitrogen and oxygen atoms in total. The Morgan fingerprint density at radius 2 is 0.897 bits per heavy atom. The third kappa shape index (κ3) is 41.5. The van der Waals surface area contributed by atoms with Crippen LogP contribution in [0.5, 0.6) is 0 Å². The van der Waals surface area contributed by atoms with Gasteiger partial charge >= 0.3 is 15.4 Å². The lowest BCUT2D eigenvalue weighted by Crippen LogP contribution is -2.00. The van der Waals surface area contributed by atoms with E-state index in [2.05, 4.69) is 15.0 Å². The van der Waals surface area contributed by atoms with E-state index in [1.54, 1.807) is 18.6 Å². The standard InChI is InChI=1S/3C3H4N2S.2H2O4S.H2O/c3*4-3-5-1-2-6-3;2*1-5(2,3)4;/h3*1-2H,(H2,4,5);2*(H2,1,2,3,4);1H2. The van der Waals surface area contributed by atoms with Gasteiger partial charge in [0.25, 0.3) is 0 Å². The Balaban J connectivity index is -0.000000290. The van der Waals surface area contributed by atoms with E-state index in [1.807, 2.05) is 16.1 Å². The van der Waals surface area contributed by atoms with Crippen molar-refractivity contribution in [2.24, 2.45) is 0 Å². The summed E-state index contributed by atoms with van der Waals surface area (Å²) in [7, 11) is -10.1. The Labute approximate surface area is 177 Å². The van der Waals surface area contributed by atoms with Crippen LogP contribution in [-0.4, -0.2) is 40.5 Å². The van der Waals surface area contributed by atoms with E-state index in [-0.39, 0.29) is 5.48 Å². The van der Waals surface area contributed by atoms with Crippen molar-refractivity contribution in [3.05, 3.63) is 34.7 Å². The molecule has 0 amide bonds. The number of aromatic nitrogens is 3. The lowest BCUT2D eigenvalue weighted by atomic mass is 11.0. The molecule has 3 aromatic heterocycles. The van der Waals surface area contributed by atoms with Gasteiger partial charge in [-0.05, 0) is 0 Å². The molecule has 0 unspecified atom stereocenters. The summed E-state index contributed by atoms with van der Waals surface area (Å²) in [6.07, 6.45) is 5.42. The van der Waals surface area contributed by atoms with E-state index < -0.39 is 20.8 Å². The minimum Gasteiger partial charge on any atom is -0.759 e. The Morgan fingerprint density at radius 3 is 0.931 bits per heavy atom. The van der Waals surface area contributed by atoms with Crippen LogP contribution in [0.3, 0.4) is 0 Å². The van der Waals surface area contributed by atoms with Gasteiger partial charge < -0.3 is 19.1 Å². The van der Waals surface area contributed by atoms with Crippen molar-refractivity contribution in [2.75, 3.05) is 17.2 Å². The summed E-state index contributed by atoms with van der Waals surface area (Å²) in [5.74, 6) is 0. The predicted octanol–water partition coefficient (Wildman–Crippen LogP) is -2.72. The second-order valence-electron chi connectivity index (χ2n) is 3.62. The van der Waals surface area contributed by atoms with Crippen LogP contribution >= 0.6 is 34.0 Å². The molecule has 0 bridgehead atoms. The Kier molecular flexibility index (Phi) is 18.5. The zero-order valence-electron chi connectivity index (χ0n) is 14.0. The first-order valence-corrected chi connectivity index (χ1v) is 11.5. The van der Waals surface area contributed by atoms with E-state index in [0.717, 1.165) is 15.4 Å². The summed E-state index contributed by atoms with van der Waals surface area (Å²) in [5.41, 5.74) is 15.7. The second kappa shape index (κ2) is 16.9. The quantitative estimate of drug-likeness (QED) is 0.176. The Hall–Kier alpha value is -2.01. The highest BCUT2D eigenvalue weighted by molar-refractivity contribution is 7.80. The summed E-state index contributed by atoms with van der Waals surface area (Å²) < 4.78 is 66.9. The minimum absolute atomic E-state index is 0. The predicted molar refractivity (Wildman–Crippen MR) is 102 cm³/mol. The fraction of sp³-hybridized carbons (Fsp3) is 0. The molecule has 168 valence electrons. The van der Waals surface area contributed by atoms with Crippen LogP contribution in [0.25, 0.3) is 0 Å². The molecule has 0 saturated heterocycles. The average molecular weight is 515 g/mol. The number of anilines is 3. The molecule has 20 heteroatoms. The molecule has 0 spiro atoms. The van der Waals surface area contributed by atoms with Gasteiger partial charge in [0.15, 0.2) is 0 Å². The van der Waals surface area contributed by atoms with Crippen LogP contribution in [0.15, 0.2) is 34.7 Å². The summed E-state index contributed by atoms with van der Waals surface area (Å²) >= 11 is 4.50. The number of H-pyrrole nitrogens is 3. The van der Waals surface area contributed by atoms with Gasteiger partial charge in [-0.15, -0.1) is 0 Å². The number of hydrogen-bond donors (Lipinski definition) is 4. The second-order valence-corrected chi connectivity index (χ2v) is 8.14. The largest absolute Gasteiger partial charge is 0.759 e. The van der Waals surface area contributed by atoms with E-state index in [9.17, 15) is 0 Å². The van der Waals surface area contributed by atoms with Gasteiger partial charge in [0.2, 0.25) is 10.4 Å². The van der Waals surface area contributed by atoms with Crippen LogP contribution in [0.4, 0.5) is 15.4 Å². The highest BCUT2D eigenvalue weighted by atomic mass is 32.3. The molecule has 0 fully saturated rings. The zero-order valence-corrected chi connectivity index (χ0v) is 18.1. The first kappa shape index (κ1) is 31.7. The molecule has 29 heavy (non-hydrogen) atoms. The number of nitrogens with one attached hydrogen (secondary N) is 3. The third-order valence-electron chi connectivity index (χ3n) is 1.47. The zero-order chi connectivity index (χ0) is 22.2. The highest BCUT2D eigenvalue weighted by Gasteiger charge is 1.85. The van der Waals surface area contributed by atoms with Crippen LogP contribution in [-0.2, 0) is 20.8 Å². The summed E-state index contributed by atoms with van der Waals surface area (Å²) in [5, 5.41) is 7.97. The summed E-state index contributed by atoms with van der Waals surface area (Å²) in [4.78, 5) is 8.39. The van der Waals surface area contributed by atoms with Crippen molar-refractivity contribution in [1.29, 1.82) is 0 Å². The smallest absolute Gasteiger partial charge is 0.329 e. The van der Waals surface area contributed by atoms with Gasteiger partial charge in [-0.3, -0.25) is 30.2 Å². The molecule has 0 aromatic carbocycles. The van der Waals surface area contributed by atoms with Gasteiger partial charge in [0, 0.05) is 26.5 Å². The first-order valence-electron chi connectivity index (χ1n) is 6.15. The summed E-state index contributed by atoms with van der Waals surface area (Å²) in [6.45, 7) is 0. The molecule has 12 N–H and O–H groups in total. The van der Waals surface area contributed by atoms with Crippen LogP contribution in [0, 0.1) is 0 Å². The van der Waals surface area contributed by atoms with Gasteiger partial charge in [0.1, 0.15) is 0 Å². The maximum absolute atomic E-state index is 8.63. The molecular weight excluding hydrogens is 496 g/mol. The fourth-order valence-corrected chi connectivity index (χ4v) is 2.03. The van der Waals surface area contributed by atoms with Gasteiger partial charge in [0.05, 0.1) is 18.6 Å². The van der Waals surface area contributed by atoms with E-state index >= 15 is 0 Å². The topological polar surface area (TPSA) is 310 Å². The average Bonchev–Trinajstić information content (AvgIpc) is 3.22. The highest BCUT2D eigenvalue weighted by Crippen LogP contribution is 1.97. The number of thiazole rings is 3. The molecular formula is C9H18N6O9S5. The normalized spacial score (nSPS) is 9.38. The van der Waals surface area contributed by atoms with E-state index in [1.165, 1.54) is 34.0 Å². The van der Waals surface area contributed by atoms with Crippen LogP contribution in [0.1, 0.15) is 0 Å². The molecule has 0 aliphatic carbocycles. The minimum atomic E-state index is -5.17. The summed E-state index contributed by atoms with van der Waals surface area (Å²) in [6, 6.07) is 0. The van der Waals surface area contributed by atoms with E-state index in [0.29, 0.717) is 0 Å². The maximum atomic E-state index is 8.63. The molecule has 0 radical (unpaired) electrons. The van der Waals surface area contributed by atoms with Crippen molar-refractivity contribution >= 4 is 70.2 Å². The van der Waals surface area contributed by atoms with Crippen molar-refractivity contribution < 1.29 is 55.5 Å². The van der Waals surface area contributed by atoms with Crippen LogP contribution < -0.4 is 32.2 Å². The number of hydrogen-bond acceptors (Lipinski definition) is 13. The molecule has 0 aliphatic rings. The molecule has 3 aromatic rings. The first-order chi connectivity index (χ1) is 12.7. The van der Waals surface area contributed by atoms with Crippen molar-refractivity contribution in [2.45, 2.75) is 0 Å². The lowest BCUT2D eigenvalue weighted by molar-refractivity contribution is -0.354. The number of rotatable bonds is 0. The fourth-order valence-electron chi connectivity index (χ4n) is 0.772. The molecule has 3 heterocycles.